The van der Waals surface area contributed by atoms with E-state index in [2.05, 4.69) is 5.32 Å². The van der Waals surface area contributed by atoms with Crippen LogP contribution < -0.4 is 5.32 Å². The van der Waals surface area contributed by atoms with E-state index in [4.69, 9.17) is 4.74 Å². The Morgan fingerprint density at radius 2 is 2.25 bits per heavy atom. The highest BCUT2D eigenvalue weighted by molar-refractivity contribution is 5.96. The van der Waals surface area contributed by atoms with Gasteiger partial charge in [0.05, 0.1) is 4.92 Å². The minimum absolute atomic E-state index is 0.131. The molecule has 20 heavy (non-hydrogen) atoms. The van der Waals surface area contributed by atoms with Gasteiger partial charge in [0.1, 0.15) is 5.56 Å². The molecule has 1 unspecified atom stereocenters. The summed E-state index contributed by atoms with van der Waals surface area (Å²) in [5.74, 6) is -1.21. The fourth-order valence-corrected chi connectivity index (χ4v) is 2.12. The normalized spacial score (nSPS) is 18.2. The molecule has 0 radical (unpaired) electrons. The molecule has 0 aromatic heterocycles. The Labute approximate surface area is 115 Å². The standard InChI is InChI=1S/C13H14N2O5/c1-8-4-2-5-9(11(8)15(18)19)13(17)20-10-6-3-7-14-12(10)16/h2,4-5,10H,3,6-7H2,1H3,(H,14,16). The first kappa shape index (κ1) is 14.0. The van der Waals surface area contributed by atoms with Gasteiger partial charge in [-0.2, -0.15) is 0 Å². The van der Waals surface area contributed by atoms with Gasteiger partial charge >= 0.3 is 5.97 Å². The number of rotatable bonds is 3. The number of aryl methyl sites for hydroxylation is 1. The Kier molecular flexibility index (Phi) is 3.97. The molecule has 0 bridgehead atoms. The minimum atomic E-state index is -0.878. The first-order valence-corrected chi connectivity index (χ1v) is 6.23. The number of amides is 1. The second-order valence-electron chi connectivity index (χ2n) is 4.56. The molecule has 7 heteroatoms. The molecule has 1 amide bonds. The summed E-state index contributed by atoms with van der Waals surface area (Å²) in [6.45, 7) is 2.10. The number of ether oxygens (including phenoxy) is 1. The molecular formula is C13H14N2O5. The maximum absolute atomic E-state index is 12.0. The fourth-order valence-electron chi connectivity index (χ4n) is 2.12. The second-order valence-corrected chi connectivity index (χ2v) is 4.56. The predicted octanol–water partition coefficient (Wildman–Crippen LogP) is 1.34. The predicted molar refractivity (Wildman–Crippen MR) is 69.3 cm³/mol. The van der Waals surface area contributed by atoms with Crippen molar-refractivity contribution in [2.75, 3.05) is 6.54 Å². The number of nitro benzene ring substituents is 1. The van der Waals surface area contributed by atoms with Crippen molar-refractivity contribution >= 4 is 17.6 Å². The molecule has 1 fully saturated rings. The summed E-state index contributed by atoms with van der Waals surface area (Å²) in [5, 5.41) is 13.6. The number of esters is 1. The number of nitrogens with zero attached hydrogens (tertiary/aromatic N) is 1. The molecule has 2 rings (SSSR count). The molecule has 1 aliphatic rings. The van der Waals surface area contributed by atoms with Crippen molar-refractivity contribution in [2.45, 2.75) is 25.9 Å². The van der Waals surface area contributed by atoms with Gasteiger partial charge in [-0.05, 0) is 25.8 Å². The molecule has 1 atom stereocenters. The third-order valence-corrected chi connectivity index (χ3v) is 3.12. The summed E-state index contributed by atoms with van der Waals surface area (Å²) in [5.41, 5.74) is -0.0420. The Balaban J connectivity index is 2.23. The topological polar surface area (TPSA) is 98.5 Å². The van der Waals surface area contributed by atoms with Gasteiger partial charge in [-0.3, -0.25) is 14.9 Å². The molecule has 0 aliphatic carbocycles. The average Bonchev–Trinajstić information content (AvgIpc) is 2.40. The van der Waals surface area contributed by atoms with Gasteiger partial charge in [0.15, 0.2) is 6.10 Å². The average molecular weight is 278 g/mol. The van der Waals surface area contributed by atoms with Crippen molar-refractivity contribution in [1.29, 1.82) is 0 Å². The number of hydrogen-bond donors (Lipinski definition) is 1. The minimum Gasteiger partial charge on any atom is -0.448 e. The zero-order chi connectivity index (χ0) is 14.7. The van der Waals surface area contributed by atoms with Crippen LogP contribution in [-0.2, 0) is 9.53 Å². The number of nitrogens with one attached hydrogen (secondary N) is 1. The van der Waals surface area contributed by atoms with E-state index in [0.717, 1.165) is 0 Å². The molecule has 1 aromatic carbocycles. The number of carbonyl (C=O) groups is 2. The zero-order valence-electron chi connectivity index (χ0n) is 10.9. The van der Waals surface area contributed by atoms with Crippen molar-refractivity contribution < 1.29 is 19.2 Å². The lowest BCUT2D eigenvalue weighted by molar-refractivity contribution is -0.385. The van der Waals surface area contributed by atoms with E-state index >= 15 is 0 Å². The summed E-state index contributed by atoms with van der Waals surface area (Å²) in [6, 6.07) is 4.41. The van der Waals surface area contributed by atoms with Crippen LogP contribution in [0.3, 0.4) is 0 Å². The summed E-state index contributed by atoms with van der Waals surface area (Å²) in [4.78, 5) is 34.0. The lowest BCUT2D eigenvalue weighted by Gasteiger charge is -2.21. The highest BCUT2D eigenvalue weighted by Crippen LogP contribution is 2.24. The van der Waals surface area contributed by atoms with Crippen LogP contribution in [0.5, 0.6) is 0 Å². The second kappa shape index (κ2) is 5.68. The molecule has 106 valence electrons. The molecule has 1 aliphatic heterocycles. The van der Waals surface area contributed by atoms with E-state index in [1.807, 2.05) is 0 Å². The van der Waals surface area contributed by atoms with Crippen LogP contribution in [0.25, 0.3) is 0 Å². The number of para-hydroxylation sites is 1. The number of piperidine rings is 1. The summed E-state index contributed by atoms with van der Waals surface area (Å²) in [6.07, 6.45) is 0.257. The number of benzene rings is 1. The Morgan fingerprint density at radius 1 is 1.50 bits per heavy atom. The molecule has 1 aromatic rings. The smallest absolute Gasteiger partial charge is 0.345 e. The van der Waals surface area contributed by atoms with Gasteiger partial charge in [-0.25, -0.2) is 4.79 Å². The monoisotopic (exact) mass is 278 g/mol. The van der Waals surface area contributed by atoms with Crippen molar-refractivity contribution in [1.82, 2.24) is 5.32 Å². The zero-order valence-corrected chi connectivity index (χ0v) is 10.9. The fraction of sp³-hybridized carbons (Fsp3) is 0.385. The molecule has 0 spiro atoms. The van der Waals surface area contributed by atoms with E-state index < -0.39 is 17.0 Å². The van der Waals surface area contributed by atoms with E-state index in [1.165, 1.54) is 6.07 Å². The van der Waals surface area contributed by atoms with E-state index in [0.29, 0.717) is 24.9 Å². The van der Waals surface area contributed by atoms with Crippen molar-refractivity contribution in [2.24, 2.45) is 0 Å². The summed E-state index contributed by atoms with van der Waals surface area (Å²) in [7, 11) is 0. The maximum Gasteiger partial charge on any atom is 0.345 e. The molecule has 1 N–H and O–H groups in total. The van der Waals surface area contributed by atoms with Crippen LogP contribution in [0.15, 0.2) is 18.2 Å². The number of nitro groups is 1. The van der Waals surface area contributed by atoms with E-state index in [1.54, 1.807) is 19.1 Å². The molecule has 0 saturated carbocycles. The highest BCUT2D eigenvalue weighted by atomic mass is 16.6. The summed E-state index contributed by atoms with van der Waals surface area (Å²) < 4.78 is 5.08. The largest absolute Gasteiger partial charge is 0.448 e. The van der Waals surface area contributed by atoms with Crippen LogP contribution in [0.2, 0.25) is 0 Å². The molecule has 1 saturated heterocycles. The van der Waals surface area contributed by atoms with Gasteiger partial charge < -0.3 is 10.1 Å². The van der Waals surface area contributed by atoms with Crippen molar-refractivity contribution in [3.8, 4) is 0 Å². The van der Waals surface area contributed by atoms with Crippen molar-refractivity contribution in [3.63, 3.8) is 0 Å². The third kappa shape index (κ3) is 2.76. The van der Waals surface area contributed by atoms with Gasteiger partial charge in [-0.15, -0.1) is 0 Å². The third-order valence-electron chi connectivity index (χ3n) is 3.12. The molecule has 1 heterocycles. The lowest BCUT2D eigenvalue weighted by Crippen LogP contribution is -2.42. The van der Waals surface area contributed by atoms with E-state index in [9.17, 15) is 19.7 Å². The lowest BCUT2D eigenvalue weighted by atomic mass is 10.1. The molecule has 7 nitrogen and oxygen atoms in total. The highest BCUT2D eigenvalue weighted by Gasteiger charge is 2.30. The van der Waals surface area contributed by atoms with Crippen LogP contribution in [0, 0.1) is 17.0 Å². The quantitative estimate of drug-likeness (QED) is 0.511. The maximum atomic E-state index is 12.0. The molecular weight excluding hydrogens is 264 g/mol. The van der Waals surface area contributed by atoms with Crippen LogP contribution in [0.1, 0.15) is 28.8 Å². The van der Waals surface area contributed by atoms with Crippen LogP contribution in [0.4, 0.5) is 5.69 Å². The van der Waals surface area contributed by atoms with Gasteiger partial charge in [0.25, 0.3) is 11.6 Å². The Morgan fingerprint density at radius 3 is 2.90 bits per heavy atom. The van der Waals surface area contributed by atoms with Crippen LogP contribution in [-0.4, -0.2) is 29.4 Å². The van der Waals surface area contributed by atoms with Gasteiger partial charge in [-0.1, -0.05) is 12.1 Å². The number of carbonyl (C=O) groups excluding carboxylic acids is 2. The van der Waals surface area contributed by atoms with E-state index in [-0.39, 0.29) is 17.2 Å². The first-order chi connectivity index (χ1) is 9.50. The first-order valence-electron chi connectivity index (χ1n) is 6.23. The van der Waals surface area contributed by atoms with Crippen LogP contribution >= 0.6 is 0 Å². The Bertz CT molecular complexity index is 570. The van der Waals surface area contributed by atoms with Gasteiger partial charge in [0.2, 0.25) is 0 Å². The van der Waals surface area contributed by atoms with Crippen molar-refractivity contribution in [3.05, 3.63) is 39.4 Å². The number of hydrogen-bond acceptors (Lipinski definition) is 5. The Hall–Kier alpha value is -2.44. The van der Waals surface area contributed by atoms with Gasteiger partial charge in [0, 0.05) is 12.1 Å². The SMILES string of the molecule is Cc1cccc(C(=O)OC2CCCNC2=O)c1[N+](=O)[O-]. The summed E-state index contributed by atoms with van der Waals surface area (Å²) >= 11 is 0.